The molecule has 0 fully saturated rings. The van der Waals surface area contributed by atoms with Crippen LogP contribution in [0.5, 0.6) is 0 Å². The maximum atomic E-state index is 12.0. The molecule has 1 aromatic heterocycles. The van der Waals surface area contributed by atoms with Gasteiger partial charge in [-0.05, 0) is 29.8 Å². The van der Waals surface area contributed by atoms with Crippen LogP contribution in [0.15, 0.2) is 41.2 Å². The summed E-state index contributed by atoms with van der Waals surface area (Å²) in [4.78, 5) is 12.2. The van der Waals surface area contributed by atoms with Crippen LogP contribution in [0.2, 0.25) is 5.02 Å². The van der Waals surface area contributed by atoms with Crippen molar-refractivity contribution in [1.82, 2.24) is 4.57 Å². The molecular weight excluding hydrogens is 268 g/mol. The van der Waals surface area contributed by atoms with E-state index in [2.05, 4.69) is 0 Å². The van der Waals surface area contributed by atoms with Gasteiger partial charge in [0.1, 0.15) is 4.99 Å². The molecule has 1 heterocycles. The van der Waals surface area contributed by atoms with E-state index in [1.165, 1.54) is 4.57 Å². The minimum Gasteiger partial charge on any atom is -0.389 e. The summed E-state index contributed by atoms with van der Waals surface area (Å²) in [6.07, 6.45) is 0. The Kier molecular flexibility index (Phi) is 3.50. The molecule has 2 N–H and O–H groups in total. The quantitative estimate of drug-likeness (QED) is 0.858. The van der Waals surface area contributed by atoms with Gasteiger partial charge in [0.2, 0.25) is 0 Å². The zero-order valence-electron chi connectivity index (χ0n) is 9.68. The molecule has 0 aliphatic heterocycles. The van der Waals surface area contributed by atoms with Gasteiger partial charge in [-0.1, -0.05) is 36.0 Å². The molecule has 0 spiro atoms. The van der Waals surface area contributed by atoms with E-state index >= 15 is 0 Å². The molecule has 2 rings (SSSR count). The predicted molar refractivity (Wildman–Crippen MR) is 78.0 cm³/mol. The second kappa shape index (κ2) is 4.92. The summed E-state index contributed by atoms with van der Waals surface area (Å²) in [7, 11) is 1.69. The summed E-state index contributed by atoms with van der Waals surface area (Å²) in [5.74, 6) is 0. The van der Waals surface area contributed by atoms with Crippen molar-refractivity contribution in [3.8, 4) is 11.3 Å². The lowest BCUT2D eigenvalue weighted by Gasteiger charge is -2.10. The maximum absolute atomic E-state index is 12.0. The molecule has 5 heteroatoms. The highest BCUT2D eigenvalue weighted by Gasteiger charge is 2.09. The van der Waals surface area contributed by atoms with Crippen molar-refractivity contribution in [2.24, 2.45) is 12.8 Å². The molecule has 0 amide bonds. The lowest BCUT2D eigenvalue weighted by molar-refractivity contribution is 0.867. The van der Waals surface area contributed by atoms with Crippen LogP contribution >= 0.6 is 23.8 Å². The lowest BCUT2D eigenvalue weighted by Crippen LogP contribution is -2.28. The standard InChI is InChI=1S/C13H11ClN2OS/c1-16-11(8-2-4-9(14)5-3-8)7-6-10(12(15)18)13(16)17/h2-7H,1H3,(H2,15,18). The van der Waals surface area contributed by atoms with Crippen molar-refractivity contribution >= 4 is 28.8 Å². The monoisotopic (exact) mass is 278 g/mol. The minimum atomic E-state index is -0.199. The van der Waals surface area contributed by atoms with Gasteiger partial charge in [0.15, 0.2) is 0 Å². The highest BCUT2D eigenvalue weighted by Crippen LogP contribution is 2.20. The zero-order chi connectivity index (χ0) is 13.3. The highest BCUT2D eigenvalue weighted by atomic mass is 35.5. The van der Waals surface area contributed by atoms with E-state index in [1.54, 1.807) is 25.2 Å². The molecule has 0 aliphatic carbocycles. The summed E-state index contributed by atoms with van der Waals surface area (Å²) < 4.78 is 1.53. The van der Waals surface area contributed by atoms with Crippen LogP contribution in [0, 0.1) is 0 Å². The molecule has 0 bridgehead atoms. The Labute approximate surface area is 115 Å². The Morgan fingerprint density at radius 2 is 1.83 bits per heavy atom. The van der Waals surface area contributed by atoms with Crippen LogP contribution in [0.3, 0.4) is 0 Å². The van der Waals surface area contributed by atoms with Gasteiger partial charge in [0.05, 0.1) is 11.3 Å². The molecule has 0 saturated heterocycles. The number of halogens is 1. The van der Waals surface area contributed by atoms with Crippen molar-refractivity contribution < 1.29 is 0 Å². The fourth-order valence-corrected chi connectivity index (χ4v) is 2.01. The van der Waals surface area contributed by atoms with Crippen molar-refractivity contribution in [2.45, 2.75) is 0 Å². The summed E-state index contributed by atoms with van der Waals surface area (Å²) >= 11 is 10.7. The van der Waals surface area contributed by atoms with E-state index in [1.807, 2.05) is 18.2 Å². The molecule has 0 atom stereocenters. The van der Waals surface area contributed by atoms with Gasteiger partial charge in [-0.2, -0.15) is 0 Å². The Balaban J connectivity index is 2.61. The molecule has 3 nitrogen and oxygen atoms in total. The smallest absolute Gasteiger partial charge is 0.261 e. The third-order valence-electron chi connectivity index (χ3n) is 2.71. The fraction of sp³-hybridized carbons (Fsp3) is 0.0769. The predicted octanol–water partition coefficient (Wildman–Crippen LogP) is 2.34. The van der Waals surface area contributed by atoms with E-state index in [0.717, 1.165) is 11.3 Å². The second-order valence-electron chi connectivity index (χ2n) is 3.87. The normalized spacial score (nSPS) is 10.3. The van der Waals surface area contributed by atoms with Gasteiger partial charge < -0.3 is 10.3 Å². The third kappa shape index (κ3) is 2.30. The number of benzene rings is 1. The minimum absolute atomic E-state index is 0.109. The molecule has 0 aliphatic rings. The summed E-state index contributed by atoms with van der Waals surface area (Å²) in [5, 5.41) is 0.656. The average molecular weight is 279 g/mol. The molecule has 2 aromatic rings. The van der Waals surface area contributed by atoms with E-state index in [4.69, 9.17) is 29.6 Å². The number of hydrogen-bond acceptors (Lipinski definition) is 2. The van der Waals surface area contributed by atoms with Gasteiger partial charge in [0.25, 0.3) is 5.56 Å². The molecule has 0 saturated carbocycles. The zero-order valence-corrected chi connectivity index (χ0v) is 11.3. The van der Waals surface area contributed by atoms with Crippen LogP contribution in [0.4, 0.5) is 0 Å². The number of pyridine rings is 1. The highest BCUT2D eigenvalue weighted by molar-refractivity contribution is 7.80. The van der Waals surface area contributed by atoms with Crippen molar-refractivity contribution in [2.75, 3.05) is 0 Å². The number of thiocarbonyl (C=S) groups is 1. The maximum Gasteiger partial charge on any atom is 0.261 e. The number of hydrogen-bond donors (Lipinski definition) is 1. The summed E-state index contributed by atoms with van der Waals surface area (Å²) in [6.45, 7) is 0. The molecule has 0 unspecified atom stereocenters. The van der Waals surface area contributed by atoms with E-state index < -0.39 is 0 Å². The topological polar surface area (TPSA) is 48.0 Å². The van der Waals surface area contributed by atoms with Crippen molar-refractivity contribution in [3.05, 3.63) is 57.3 Å². The van der Waals surface area contributed by atoms with E-state index in [0.29, 0.717) is 10.6 Å². The van der Waals surface area contributed by atoms with Crippen molar-refractivity contribution in [1.29, 1.82) is 0 Å². The molecule has 1 aromatic carbocycles. The average Bonchev–Trinajstić information content (AvgIpc) is 2.33. The number of rotatable bonds is 2. The van der Waals surface area contributed by atoms with Gasteiger partial charge in [-0.15, -0.1) is 0 Å². The van der Waals surface area contributed by atoms with Gasteiger partial charge in [-0.3, -0.25) is 4.79 Å². The summed E-state index contributed by atoms with van der Waals surface area (Å²) in [6, 6.07) is 10.7. The van der Waals surface area contributed by atoms with Gasteiger partial charge in [-0.25, -0.2) is 0 Å². The Bertz CT molecular complexity index is 662. The Hall–Kier alpha value is -1.65. The fourth-order valence-electron chi connectivity index (χ4n) is 1.73. The van der Waals surface area contributed by atoms with Crippen LogP contribution in [-0.4, -0.2) is 9.56 Å². The number of nitrogens with zero attached hydrogens (tertiary/aromatic N) is 1. The second-order valence-corrected chi connectivity index (χ2v) is 4.74. The van der Waals surface area contributed by atoms with Gasteiger partial charge in [0, 0.05) is 12.1 Å². The van der Waals surface area contributed by atoms with E-state index in [-0.39, 0.29) is 10.5 Å². The molecule has 0 radical (unpaired) electrons. The van der Waals surface area contributed by atoms with E-state index in [9.17, 15) is 4.79 Å². The number of nitrogens with two attached hydrogens (primary N) is 1. The van der Waals surface area contributed by atoms with Crippen LogP contribution in [-0.2, 0) is 7.05 Å². The first-order valence-electron chi connectivity index (χ1n) is 5.26. The first kappa shape index (κ1) is 12.8. The van der Waals surface area contributed by atoms with Crippen LogP contribution in [0.25, 0.3) is 11.3 Å². The molecule has 92 valence electrons. The summed E-state index contributed by atoms with van der Waals surface area (Å²) in [5.41, 5.74) is 7.34. The number of aromatic nitrogens is 1. The lowest BCUT2D eigenvalue weighted by atomic mass is 10.1. The van der Waals surface area contributed by atoms with Crippen molar-refractivity contribution in [3.63, 3.8) is 0 Å². The Morgan fingerprint density at radius 1 is 1.22 bits per heavy atom. The SMILES string of the molecule is Cn1c(-c2ccc(Cl)cc2)ccc(C(N)=S)c1=O. The third-order valence-corrected chi connectivity index (χ3v) is 3.18. The van der Waals surface area contributed by atoms with Crippen LogP contribution < -0.4 is 11.3 Å². The first-order chi connectivity index (χ1) is 8.50. The molecule has 18 heavy (non-hydrogen) atoms. The van der Waals surface area contributed by atoms with Gasteiger partial charge >= 0.3 is 0 Å². The largest absolute Gasteiger partial charge is 0.389 e. The molecular formula is C13H11ClN2OS. The van der Waals surface area contributed by atoms with Crippen LogP contribution in [0.1, 0.15) is 5.56 Å². The first-order valence-corrected chi connectivity index (χ1v) is 6.05. The Morgan fingerprint density at radius 3 is 2.39 bits per heavy atom.